The lowest BCUT2D eigenvalue weighted by atomic mass is 10.1. The molecule has 8 nitrogen and oxygen atoms in total. The highest BCUT2D eigenvalue weighted by Gasteiger charge is 2.14. The van der Waals surface area contributed by atoms with Crippen LogP contribution in [0.2, 0.25) is 0 Å². The highest BCUT2D eigenvalue weighted by atomic mass is 16.2. The van der Waals surface area contributed by atoms with Gasteiger partial charge in [-0.05, 0) is 44.5 Å². The molecule has 0 saturated carbocycles. The molecule has 0 aliphatic rings. The quantitative estimate of drug-likeness (QED) is 0.653. The van der Waals surface area contributed by atoms with E-state index in [4.69, 9.17) is 0 Å². The third-order valence-corrected chi connectivity index (χ3v) is 3.90. The van der Waals surface area contributed by atoms with Crippen LogP contribution in [0.5, 0.6) is 0 Å². The molecule has 130 valence electrons. The number of hydrogen-bond donors (Lipinski definition) is 3. The van der Waals surface area contributed by atoms with E-state index < -0.39 is 11.7 Å². The molecule has 25 heavy (non-hydrogen) atoms. The molecular formula is C17H20N6O2. The fourth-order valence-corrected chi connectivity index (χ4v) is 2.66. The number of benzene rings is 1. The van der Waals surface area contributed by atoms with Crippen LogP contribution in [0, 0.1) is 13.8 Å². The van der Waals surface area contributed by atoms with Crippen molar-refractivity contribution < 1.29 is 4.79 Å². The Morgan fingerprint density at radius 1 is 1.32 bits per heavy atom. The van der Waals surface area contributed by atoms with Crippen molar-refractivity contribution in [3.8, 4) is 0 Å². The van der Waals surface area contributed by atoms with E-state index in [2.05, 4.69) is 25.6 Å². The Morgan fingerprint density at radius 2 is 2.12 bits per heavy atom. The third kappa shape index (κ3) is 3.85. The van der Waals surface area contributed by atoms with Gasteiger partial charge in [-0.15, -0.1) is 0 Å². The Morgan fingerprint density at radius 3 is 2.76 bits per heavy atom. The molecule has 1 atom stereocenters. The van der Waals surface area contributed by atoms with Crippen molar-refractivity contribution in [2.24, 2.45) is 0 Å². The lowest BCUT2D eigenvalue weighted by Gasteiger charge is -2.12. The average Bonchev–Trinajstić information content (AvgIpc) is 3.13. The summed E-state index contributed by atoms with van der Waals surface area (Å²) in [6.45, 7) is 6.31. The van der Waals surface area contributed by atoms with Gasteiger partial charge in [0, 0.05) is 11.3 Å². The number of nitrogens with zero attached hydrogens (tertiary/aromatic N) is 3. The van der Waals surface area contributed by atoms with E-state index >= 15 is 0 Å². The monoisotopic (exact) mass is 340 g/mol. The Balaban J connectivity index is 1.73. The van der Waals surface area contributed by atoms with Gasteiger partial charge in [0.2, 0.25) is 0 Å². The van der Waals surface area contributed by atoms with Crippen LogP contribution < -0.4 is 11.0 Å². The Labute approximate surface area is 144 Å². The van der Waals surface area contributed by atoms with E-state index in [9.17, 15) is 9.59 Å². The van der Waals surface area contributed by atoms with Crippen molar-refractivity contribution in [1.29, 1.82) is 0 Å². The van der Waals surface area contributed by atoms with Crippen molar-refractivity contribution in [3.63, 3.8) is 0 Å². The summed E-state index contributed by atoms with van der Waals surface area (Å²) in [4.78, 5) is 26.1. The summed E-state index contributed by atoms with van der Waals surface area (Å²) in [6.07, 6.45) is 0. The minimum atomic E-state index is -0.411. The van der Waals surface area contributed by atoms with E-state index in [1.807, 2.05) is 42.8 Å². The van der Waals surface area contributed by atoms with E-state index in [-0.39, 0.29) is 5.91 Å². The number of carbonyl (C=O) groups excluding carboxylic acids is 1. The molecule has 2 aromatic heterocycles. The molecule has 1 aromatic carbocycles. The molecule has 0 aliphatic heterocycles. The Bertz CT molecular complexity index is 952. The lowest BCUT2D eigenvalue weighted by molar-refractivity contribution is 0.0938. The number of carbonyl (C=O) groups is 1. The minimum Gasteiger partial charge on any atom is -0.342 e. The normalized spacial score (nSPS) is 12.1. The van der Waals surface area contributed by atoms with Crippen LogP contribution in [-0.2, 0) is 6.54 Å². The van der Waals surface area contributed by atoms with Gasteiger partial charge in [-0.25, -0.2) is 9.89 Å². The molecule has 1 amide bonds. The highest BCUT2D eigenvalue weighted by Crippen LogP contribution is 2.11. The van der Waals surface area contributed by atoms with E-state index in [0.29, 0.717) is 17.9 Å². The zero-order valence-corrected chi connectivity index (χ0v) is 14.3. The van der Waals surface area contributed by atoms with Crippen molar-refractivity contribution in [1.82, 2.24) is 30.3 Å². The molecule has 1 unspecified atom stereocenters. The maximum Gasteiger partial charge on any atom is 0.340 e. The average molecular weight is 340 g/mol. The first-order valence-corrected chi connectivity index (χ1v) is 7.98. The lowest BCUT2D eigenvalue weighted by Crippen LogP contribution is -2.27. The van der Waals surface area contributed by atoms with Crippen LogP contribution >= 0.6 is 0 Å². The predicted octanol–water partition coefficient (Wildman–Crippen LogP) is 1.45. The van der Waals surface area contributed by atoms with Crippen molar-refractivity contribution >= 4 is 5.91 Å². The number of amides is 1. The molecule has 8 heteroatoms. The molecule has 0 radical (unpaired) electrons. The van der Waals surface area contributed by atoms with Crippen LogP contribution in [0.4, 0.5) is 0 Å². The second kappa shape index (κ2) is 6.76. The Kier molecular flexibility index (Phi) is 4.51. The third-order valence-electron chi connectivity index (χ3n) is 3.90. The van der Waals surface area contributed by atoms with Crippen LogP contribution in [0.25, 0.3) is 0 Å². The van der Waals surface area contributed by atoms with Crippen molar-refractivity contribution in [2.45, 2.75) is 33.4 Å². The van der Waals surface area contributed by atoms with Gasteiger partial charge in [0.1, 0.15) is 0 Å². The van der Waals surface area contributed by atoms with Crippen LogP contribution in [-0.4, -0.2) is 30.9 Å². The van der Waals surface area contributed by atoms with Crippen LogP contribution in [0.15, 0.2) is 35.1 Å². The molecule has 0 fully saturated rings. The van der Waals surface area contributed by atoms with Crippen LogP contribution in [0.1, 0.15) is 46.1 Å². The molecule has 0 aliphatic carbocycles. The van der Waals surface area contributed by atoms with E-state index in [1.54, 1.807) is 13.0 Å². The Hall–Kier alpha value is -3.16. The first-order chi connectivity index (χ1) is 11.9. The summed E-state index contributed by atoms with van der Waals surface area (Å²) >= 11 is 0. The SMILES string of the molecule is Cc1cc(C)n(Cc2cccc(C(=O)NC(C)c3n[nH]c(=O)[nH]3)c2)n1. The second-order valence-corrected chi connectivity index (χ2v) is 6.04. The largest absolute Gasteiger partial charge is 0.342 e. The van der Waals surface area contributed by atoms with Gasteiger partial charge in [-0.3, -0.25) is 14.5 Å². The first kappa shape index (κ1) is 16.7. The van der Waals surface area contributed by atoms with Crippen molar-refractivity contribution in [3.05, 3.63) is 69.2 Å². The smallest absolute Gasteiger partial charge is 0.340 e. The highest BCUT2D eigenvalue weighted by molar-refractivity contribution is 5.94. The topological polar surface area (TPSA) is 108 Å². The fraction of sp³-hybridized carbons (Fsp3) is 0.294. The van der Waals surface area contributed by atoms with Gasteiger partial charge < -0.3 is 5.32 Å². The summed E-state index contributed by atoms with van der Waals surface area (Å²) in [7, 11) is 0. The summed E-state index contributed by atoms with van der Waals surface area (Å²) in [5.74, 6) is 0.156. The summed E-state index contributed by atoms with van der Waals surface area (Å²) in [6, 6.07) is 9.00. The summed E-state index contributed by atoms with van der Waals surface area (Å²) < 4.78 is 1.91. The van der Waals surface area contributed by atoms with Gasteiger partial charge in [0.05, 0.1) is 18.3 Å². The van der Waals surface area contributed by atoms with E-state index in [0.717, 1.165) is 17.0 Å². The molecule has 3 N–H and O–H groups in total. The zero-order chi connectivity index (χ0) is 18.0. The molecule has 0 bridgehead atoms. The molecule has 2 heterocycles. The number of rotatable bonds is 5. The molecule has 0 spiro atoms. The number of aryl methyl sites for hydroxylation is 2. The maximum atomic E-state index is 12.4. The summed E-state index contributed by atoms with van der Waals surface area (Å²) in [5, 5.41) is 13.4. The maximum absolute atomic E-state index is 12.4. The second-order valence-electron chi connectivity index (χ2n) is 6.04. The summed E-state index contributed by atoms with van der Waals surface area (Å²) in [5.41, 5.74) is 3.17. The van der Waals surface area contributed by atoms with E-state index in [1.165, 1.54) is 0 Å². The van der Waals surface area contributed by atoms with Gasteiger partial charge in [-0.1, -0.05) is 12.1 Å². The molecule has 3 rings (SSSR count). The van der Waals surface area contributed by atoms with Crippen molar-refractivity contribution in [2.75, 3.05) is 0 Å². The minimum absolute atomic E-state index is 0.230. The van der Waals surface area contributed by atoms with Gasteiger partial charge in [0.15, 0.2) is 5.82 Å². The molecule has 0 saturated heterocycles. The number of nitrogens with one attached hydrogen (secondary N) is 3. The van der Waals surface area contributed by atoms with Gasteiger partial charge in [0.25, 0.3) is 5.91 Å². The molecule has 3 aromatic rings. The predicted molar refractivity (Wildman–Crippen MR) is 92.3 cm³/mol. The zero-order valence-electron chi connectivity index (χ0n) is 14.3. The van der Waals surface area contributed by atoms with Crippen LogP contribution in [0.3, 0.4) is 0 Å². The first-order valence-electron chi connectivity index (χ1n) is 7.98. The number of aromatic amines is 2. The van der Waals surface area contributed by atoms with Gasteiger partial charge >= 0.3 is 5.69 Å². The number of hydrogen-bond acceptors (Lipinski definition) is 4. The standard InChI is InChI=1S/C17H20N6O2/c1-10-7-11(2)23(22-10)9-13-5-4-6-14(8-13)16(24)18-12(3)15-19-17(25)21-20-15/h4-8,12H,9H2,1-3H3,(H,18,24)(H2,19,20,21,25). The van der Waals surface area contributed by atoms with Gasteiger partial charge in [-0.2, -0.15) is 10.2 Å². The number of H-pyrrole nitrogens is 2. The molecular weight excluding hydrogens is 320 g/mol. The number of aromatic nitrogens is 5. The fourth-order valence-electron chi connectivity index (χ4n) is 2.66.